The number of piperazine rings is 1. The van der Waals surface area contributed by atoms with E-state index >= 15 is 0 Å². The van der Waals surface area contributed by atoms with E-state index in [1.54, 1.807) is 0 Å². The summed E-state index contributed by atoms with van der Waals surface area (Å²) in [7, 11) is 0. The van der Waals surface area contributed by atoms with Crippen LogP contribution < -0.4 is 0 Å². The first-order valence-corrected chi connectivity index (χ1v) is 11.1. The quantitative estimate of drug-likeness (QED) is 0.795. The molecule has 2 aliphatic rings. The van der Waals surface area contributed by atoms with Crippen LogP contribution in [-0.4, -0.2) is 83.3 Å². The van der Waals surface area contributed by atoms with E-state index in [1.165, 1.54) is 42.6 Å². The molecule has 5 nitrogen and oxygen atoms in total. The fourth-order valence-corrected chi connectivity index (χ4v) is 5.14. The number of hydrogen-bond donors (Lipinski definition) is 1. The van der Waals surface area contributed by atoms with Gasteiger partial charge in [-0.3, -0.25) is 4.90 Å². The Hall–Kier alpha value is -1.40. The van der Waals surface area contributed by atoms with Crippen LogP contribution in [0, 0.1) is 11.8 Å². The Morgan fingerprint density at radius 3 is 2.36 bits per heavy atom. The van der Waals surface area contributed by atoms with E-state index in [9.17, 15) is 5.11 Å². The van der Waals surface area contributed by atoms with Crippen LogP contribution in [0.15, 0.2) is 30.5 Å². The van der Waals surface area contributed by atoms with Gasteiger partial charge in [0.05, 0.1) is 0 Å². The van der Waals surface area contributed by atoms with Gasteiger partial charge < -0.3 is 19.5 Å². The molecule has 2 atom stereocenters. The van der Waals surface area contributed by atoms with Crippen LogP contribution >= 0.6 is 0 Å². The van der Waals surface area contributed by atoms with Crippen molar-refractivity contribution < 1.29 is 5.11 Å². The third-order valence-corrected chi connectivity index (χ3v) is 6.93. The average Bonchev–Trinajstić information content (AvgIpc) is 3.32. The molecule has 2 aromatic rings. The zero-order chi connectivity index (χ0) is 19.5. The number of aromatic nitrogens is 1. The maximum atomic E-state index is 9.98. The third-order valence-electron chi connectivity index (χ3n) is 6.93. The molecule has 1 aromatic heterocycles. The van der Waals surface area contributed by atoms with Crippen molar-refractivity contribution in [2.24, 2.45) is 11.8 Å². The predicted octanol–water partition coefficient (Wildman–Crippen LogP) is 2.34. The molecule has 1 N–H and O–H groups in total. The highest BCUT2D eigenvalue weighted by Gasteiger charge is 2.34. The molecule has 0 bridgehead atoms. The second-order valence-corrected chi connectivity index (χ2v) is 8.58. The number of nitrogens with zero attached hydrogens (tertiary/aromatic N) is 4. The first-order chi connectivity index (χ1) is 13.7. The molecule has 3 heterocycles. The molecule has 5 heteroatoms. The summed E-state index contributed by atoms with van der Waals surface area (Å²) in [6.07, 6.45) is 2.20. The van der Waals surface area contributed by atoms with Crippen molar-refractivity contribution in [3.63, 3.8) is 0 Å². The molecule has 0 amide bonds. The fourth-order valence-electron chi connectivity index (χ4n) is 5.14. The molecule has 2 aliphatic heterocycles. The zero-order valence-electron chi connectivity index (χ0n) is 17.6. The number of fused-ring (bicyclic) bond motifs is 1. The van der Waals surface area contributed by atoms with Gasteiger partial charge in [0.1, 0.15) is 0 Å². The molecule has 0 unspecified atom stereocenters. The Morgan fingerprint density at radius 2 is 1.64 bits per heavy atom. The van der Waals surface area contributed by atoms with Gasteiger partial charge in [-0.1, -0.05) is 19.1 Å². The first kappa shape index (κ1) is 19.9. The monoisotopic (exact) mass is 384 g/mol. The van der Waals surface area contributed by atoms with E-state index < -0.39 is 0 Å². The summed E-state index contributed by atoms with van der Waals surface area (Å²) in [5.41, 5.74) is 2.75. The predicted molar refractivity (Wildman–Crippen MR) is 116 cm³/mol. The first-order valence-electron chi connectivity index (χ1n) is 11.1. The average molecular weight is 385 g/mol. The molecule has 0 saturated carbocycles. The standard InChI is InChI=1S/C23H36N4O/c1-3-24-10-12-25(13-11-24)15-20-16-26(17-21(20)18-28)14-19-6-5-7-23-22(19)8-9-27(23)4-2/h5-9,20-21,28H,3-4,10-18H2,1-2H3/t20-,21-/m1/s1. The van der Waals surface area contributed by atoms with Gasteiger partial charge >= 0.3 is 0 Å². The van der Waals surface area contributed by atoms with Crippen LogP contribution in [0.25, 0.3) is 10.9 Å². The van der Waals surface area contributed by atoms with Gasteiger partial charge in [-0.15, -0.1) is 0 Å². The highest BCUT2D eigenvalue weighted by Crippen LogP contribution is 2.28. The number of aryl methyl sites for hydroxylation is 1. The number of likely N-dealkylation sites (N-methyl/N-ethyl adjacent to an activating group) is 1. The Kier molecular flexibility index (Phi) is 6.36. The summed E-state index contributed by atoms with van der Waals surface area (Å²) in [5.74, 6) is 0.987. The van der Waals surface area contributed by atoms with Crippen LogP contribution in [0.1, 0.15) is 19.4 Å². The van der Waals surface area contributed by atoms with Crippen molar-refractivity contribution in [2.45, 2.75) is 26.9 Å². The normalized spacial score (nSPS) is 25.1. The summed E-state index contributed by atoms with van der Waals surface area (Å²) >= 11 is 0. The maximum absolute atomic E-state index is 9.98. The molecule has 1 aromatic carbocycles. The lowest BCUT2D eigenvalue weighted by Gasteiger charge is -2.36. The van der Waals surface area contributed by atoms with Crippen molar-refractivity contribution in [3.8, 4) is 0 Å². The van der Waals surface area contributed by atoms with Crippen molar-refractivity contribution in [1.82, 2.24) is 19.3 Å². The highest BCUT2D eigenvalue weighted by atomic mass is 16.3. The SMILES string of the molecule is CCN1CCN(C[C@@H]2CN(Cc3cccc4c3ccn4CC)C[C@@H]2CO)CC1. The summed E-state index contributed by atoms with van der Waals surface area (Å²) in [4.78, 5) is 7.71. The van der Waals surface area contributed by atoms with Gasteiger partial charge in [0.15, 0.2) is 0 Å². The second-order valence-electron chi connectivity index (χ2n) is 8.58. The minimum absolute atomic E-state index is 0.312. The van der Waals surface area contributed by atoms with E-state index in [0.717, 1.165) is 39.3 Å². The molecule has 28 heavy (non-hydrogen) atoms. The van der Waals surface area contributed by atoms with Crippen molar-refractivity contribution in [3.05, 3.63) is 36.0 Å². The van der Waals surface area contributed by atoms with E-state index in [4.69, 9.17) is 0 Å². The maximum Gasteiger partial charge on any atom is 0.0483 e. The number of aliphatic hydroxyl groups is 1. The summed E-state index contributed by atoms with van der Waals surface area (Å²) in [6, 6.07) is 8.95. The lowest BCUT2D eigenvalue weighted by atomic mass is 9.96. The van der Waals surface area contributed by atoms with Gasteiger partial charge in [0, 0.05) is 82.6 Å². The lowest BCUT2D eigenvalue weighted by Crippen LogP contribution is -2.48. The number of rotatable bonds is 7. The molecule has 4 rings (SSSR count). The van der Waals surface area contributed by atoms with E-state index in [2.05, 4.69) is 63.6 Å². The Morgan fingerprint density at radius 1 is 0.893 bits per heavy atom. The molecule has 2 fully saturated rings. The van der Waals surface area contributed by atoms with Crippen molar-refractivity contribution >= 4 is 10.9 Å². The number of likely N-dealkylation sites (tertiary alicyclic amines) is 1. The molecule has 0 aliphatic carbocycles. The molecule has 154 valence electrons. The van der Waals surface area contributed by atoms with E-state index in [0.29, 0.717) is 18.4 Å². The highest BCUT2D eigenvalue weighted by molar-refractivity contribution is 5.83. The Bertz CT molecular complexity index is 765. The number of hydrogen-bond acceptors (Lipinski definition) is 4. The van der Waals surface area contributed by atoms with Crippen LogP contribution in [-0.2, 0) is 13.1 Å². The molecular formula is C23H36N4O. The third kappa shape index (κ3) is 4.13. The lowest BCUT2D eigenvalue weighted by molar-refractivity contribution is 0.106. The smallest absolute Gasteiger partial charge is 0.0483 e. The van der Waals surface area contributed by atoms with E-state index in [-0.39, 0.29) is 0 Å². The fraction of sp³-hybridized carbons (Fsp3) is 0.652. The van der Waals surface area contributed by atoms with Gasteiger partial charge in [0.2, 0.25) is 0 Å². The summed E-state index contributed by atoms with van der Waals surface area (Å²) < 4.78 is 2.32. The van der Waals surface area contributed by atoms with Crippen molar-refractivity contribution in [1.29, 1.82) is 0 Å². The van der Waals surface area contributed by atoms with Crippen LogP contribution in [0.4, 0.5) is 0 Å². The van der Waals surface area contributed by atoms with Crippen molar-refractivity contribution in [2.75, 3.05) is 59.0 Å². The molecular weight excluding hydrogens is 348 g/mol. The topological polar surface area (TPSA) is 34.9 Å². The second kappa shape index (κ2) is 8.95. The minimum Gasteiger partial charge on any atom is -0.396 e. The van der Waals surface area contributed by atoms with Gasteiger partial charge in [-0.25, -0.2) is 0 Å². The minimum atomic E-state index is 0.312. The van der Waals surface area contributed by atoms with Gasteiger partial charge in [0.25, 0.3) is 0 Å². The van der Waals surface area contributed by atoms with Crippen LogP contribution in [0.2, 0.25) is 0 Å². The Balaban J connectivity index is 1.40. The number of benzene rings is 1. The Labute approximate surface area is 169 Å². The zero-order valence-corrected chi connectivity index (χ0v) is 17.6. The largest absolute Gasteiger partial charge is 0.396 e. The van der Waals surface area contributed by atoms with Crippen LogP contribution in [0.5, 0.6) is 0 Å². The van der Waals surface area contributed by atoms with Gasteiger partial charge in [-0.2, -0.15) is 0 Å². The molecule has 2 saturated heterocycles. The van der Waals surface area contributed by atoms with Gasteiger partial charge in [-0.05, 0) is 43.0 Å². The van der Waals surface area contributed by atoms with E-state index in [1.807, 2.05) is 0 Å². The van der Waals surface area contributed by atoms with Crippen LogP contribution in [0.3, 0.4) is 0 Å². The molecule has 0 spiro atoms. The molecule has 0 radical (unpaired) electrons. The summed E-state index contributed by atoms with van der Waals surface area (Å²) in [5, 5.41) is 11.4. The number of aliphatic hydroxyl groups excluding tert-OH is 1. The summed E-state index contributed by atoms with van der Waals surface area (Å²) in [6.45, 7) is 15.9.